The Morgan fingerprint density at radius 3 is 2.26 bits per heavy atom. The maximum absolute atomic E-state index is 12.4. The topological polar surface area (TPSA) is 142 Å². The maximum Gasteiger partial charge on any atom is 0.339 e. The number of anilines is 1. The molecule has 0 heterocycles. The molecule has 34 heavy (non-hydrogen) atoms. The van der Waals surface area contributed by atoms with Crippen LogP contribution in [-0.2, 0) is 19.6 Å². The van der Waals surface area contributed by atoms with Crippen LogP contribution in [0.5, 0.6) is 5.75 Å². The molecule has 10 nitrogen and oxygen atoms in total. The number of esters is 1. The standard InChI is InChI=1S/C23H20N2O8S/c1-15-6-10-18(11-7-15)24-22(26)16(2)32-23(27)17-8-12-20(13-9-17)33-34(30,31)21-5-3-4-19(14-21)25(28)29/h3-14,16H,1-2H3,(H,24,26)/t16-/m1/s1. The van der Waals surface area contributed by atoms with Crippen molar-refractivity contribution in [2.75, 3.05) is 5.32 Å². The van der Waals surface area contributed by atoms with Gasteiger partial charge in [0.05, 0.1) is 10.5 Å². The number of nitrogens with one attached hydrogen (secondary N) is 1. The van der Waals surface area contributed by atoms with E-state index in [-0.39, 0.29) is 11.3 Å². The third-order valence-corrected chi connectivity index (χ3v) is 5.83. The van der Waals surface area contributed by atoms with E-state index >= 15 is 0 Å². The molecule has 3 aromatic rings. The summed E-state index contributed by atoms with van der Waals surface area (Å²) in [5.41, 5.74) is 1.26. The molecule has 0 fully saturated rings. The number of aryl methyl sites for hydroxylation is 1. The van der Waals surface area contributed by atoms with Crippen molar-refractivity contribution >= 4 is 33.4 Å². The van der Waals surface area contributed by atoms with E-state index in [1.54, 1.807) is 12.1 Å². The number of carbonyl (C=O) groups excluding carboxylic acids is 2. The van der Waals surface area contributed by atoms with Crippen molar-refractivity contribution in [2.45, 2.75) is 24.8 Å². The van der Waals surface area contributed by atoms with E-state index in [4.69, 9.17) is 8.92 Å². The minimum Gasteiger partial charge on any atom is -0.449 e. The summed E-state index contributed by atoms with van der Waals surface area (Å²) < 4.78 is 35.0. The van der Waals surface area contributed by atoms with Gasteiger partial charge in [-0.1, -0.05) is 23.8 Å². The highest BCUT2D eigenvalue weighted by Crippen LogP contribution is 2.22. The number of carbonyl (C=O) groups is 2. The van der Waals surface area contributed by atoms with Crippen LogP contribution in [0.2, 0.25) is 0 Å². The van der Waals surface area contributed by atoms with Gasteiger partial charge in [0.1, 0.15) is 10.6 Å². The summed E-state index contributed by atoms with van der Waals surface area (Å²) in [6.45, 7) is 3.33. The largest absolute Gasteiger partial charge is 0.449 e. The Kier molecular flexibility index (Phi) is 7.27. The highest BCUT2D eigenvalue weighted by atomic mass is 32.2. The quantitative estimate of drug-likeness (QED) is 0.220. The number of nitrogens with zero attached hydrogens (tertiary/aromatic N) is 1. The molecule has 0 bridgehead atoms. The highest BCUT2D eigenvalue weighted by Gasteiger charge is 2.22. The number of benzene rings is 3. The lowest BCUT2D eigenvalue weighted by Gasteiger charge is -2.14. The van der Waals surface area contributed by atoms with Gasteiger partial charge in [0.15, 0.2) is 6.10 Å². The first-order valence-corrected chi connectivity index (χ1v) is 11.3. The second-order valence-corrected chi connectivity index (χ2v) is 8.77. The van der Waals surface area contributed by atoms with E-state index in [1.165, 1.54) is 37.3 Å². The molecule has 0 aromatic heterocycles. The van der Waals surface area contributed by atoms with E-state index in [0.29, 0.717) is 5.69 Å². The van der Waals surface area contributed by atoms with Crippen molar-refractivity contribution in [3.63, 3.8) is 0 Å². The number of nitro benzene ring substituents is 1. The normalized spacial score (nSPS) is 11.8. The Balaban J connectivity index is 1.62. The fourth-order valence-corrected chi connectivity index (χ4v) is 3.71. The van der Waals surface area contributed by atoms with E-state index in [1.807, 2.05) is 19.1 Å². The zero-order valence-electron chi connectivity index (χ0n) is 18.1. The van der Waals surface area contributed by atoms with Crippen LogP contribution >= 0.6 is 0 Å². The Bertz CT molecular complexity index is 1320. The Hall–Kier alpha value is -4.25. The van der Waals surface area contributed by atoms with Crippen LogP contribution in [0.4, 0.5) is 11.4 Å². The van der Waals surface area contributed by atoms with Crippen molar-refractivity contribution in [2.24, 2.45) is 0 Å². The smallest absolute Gasteiger partial charge is 0.339 e. The minimum atomic E-state index is -4.34. The Morgan fingerprint density at radius 1 is 1.00 bits per heavy atom. The summed E-state index contributed by atoms with van der Waals surface area (Å²) >= 11 is 0. The number of amides is 1. The average Bonchev–Trinajstić information content (AvgIpc) is 2.80. The molecule has 1 atom stereocenters. The molecule has 0 saturated carbocycles. The van der Waals surface area contributed by atoms with Crippen molar-refractivity contribution in [3.8, 4) is 5.75 Å². The maximum atomic E-state index is 12.4. The number of hydrogen-bond acceptors (Lipinski definition) is 8. The molecule has 0 saturated heterocycles. The lowest BCUT2D eigenvalue weighted by Crippen LogP contribution is -2.30. The first-order valence-electron chi connectivity index (χ1n) is 9.93. The van der Waals surface area contributed by atoms with E-state index in [0.717, 1.165) is 23.8 Å². The van der Waals surface area contributed by atoms with Crippen molar-refractivity contribution in [3.05, 3.63) is 94.0 Å². The number of hydrogen-bond donors (Lipinski definition) is 1. The average molecular weight is 484 g/mol. The van der Waals surface area contributed by atoms with Gasteiger partial charge in [0, 0.05) is 17.8 Å². The predicted molar refractivity (Wildman–Crippen MR) is 122 cm³/mol. The Morgan fingerprint density at radius 2 is 1.65 bits per heavy atom. The summed E-state index contributed by atoms with van der Waals surface area (Å²) in [7, 11) is -4.34. The zero-order chi connectivity index (χ0) is 24.9. The molecule has 0 radical (unpaired) electrons. The van der Waals surface area contributed by atoms with Crippen LogP contribution < -0.4 is 9.50 Å². The molecule has 0 unspecified atom stereocenters. The van der Waals surface area contributed by atoms with Crippen LogP contribution in [0.3, 0.4) is 0 Å². The third kappa shape index (κ3) is 6.17. The molecule has 1 N–H and O–H groups in total. The van der Waals surface area contributed by atoms with Gasteiger partial charge in [0.2, 0.25) is 0 Å². The molecular formula is C23H20N2O8S. The van der Waals surface area contributed by atoms with Crippen LogP contribution in [-0.4, -0.2) is 31.3 Å². The summed E-state index contributed by atoms with van der Waals surface area (Å²) in [5, 5.41) is 13.5. The molecule has 11 heteroatoms. The van der Waals surface area contributed by atoms with Gasteiger partial charge in [-0.15, -0.1) is 0 Å². The summed E-state index contributed by atoms with van der Waals surface area (Å²) in [6.07, 6.45) is -1.08. The number of rotatable bonds is 8. The lowest BCUT2D eigenvalue weighted by atomic mass is 10.2. The molecular weight excluding hydrogens is 464 g/mol. The van der Waals surface area contributed by atoms with Gasteiger partial charge < -0.3 is 14.2 Å². The van der Waals surface area contributed by atoms with Crippen LogP contribution in [0.15, 0.2) is 77.7 Å². The van der Waals surface area contributed by atoms with Crippen LogP contribution in [0.25, 0.3) is 0 Å². The zero-order valence-corrected chi connectivity index (χ0v) is 18.9. The molecule has 0 spiro atoms. The molecule has 3 aromatic carbocycles. The molecule has 0 aliphatic heterocycles. The fourth-order valence-electron chi connectivity index (χ4n) is 2.74. The number of non-ortho nitro benzene ring substituents is 1. The van der Waals surface area contributed by atoms with Crippen LogP contribution in [0.1, 0.15) is 22.8 Å². The minimum absolute atomic E-state index is 0.0649. The Labute approximate surface area is 195 Å². The lowest BCUT2D eigenvalue weighted by molar-refractivity contribution is -0.385. The van der Waals surface area contributed by atoms with Crippen molar-refractivity contribution < 1.29 is 31.9 Å². The van der Waals surface area contributed by atoms with Crippen LogP contribution in [0, 0.1) is 17.0 Å². The first-order chi connectivity index (χ1) is 16.0. The third-order valence-electron chi connectivity index (χ3n) is 4.59. The van der Waals surface area contributed by atoms with E-state index in [9.17, 15) is 28.1 Å². The SMILES string of the molecule is Cc1ccc(NC(=O)[C@@H](C)OC(=O)c2ccc(OS(=O)(=O)c3cccc([N+](=O)[O-])c3)cc2)cc1. The highest BCUT2D eigenvalue weighted by molar-refractivity contribution is 7.87. The summed E-state index contributed by atoms with van der Waals surface area (Å²) in [6, 6.07) is 16.5. The van der Waals surface area contributed by atoms with E-state index < -0.39 is 43.6 Å². The molecule has 0 aliphatic carbocycles. The van der Waals surface area contributed by atoms with Gasteiger partial charge in [-0.3, -0.25) is 14.9 Å². The number of nitro groups is 1. The van der Waals surface area contributed by atoms with Gasteiger partial charge >= 0.3 is 16.1 Å². The summed E-state index contributed by atoms with van der Waals surface area (Å²) in [4.78, 5) is 34.4. The van der Waals surface area contributed by atoms with Gasteiger partial charge in [0.25, 0.3) is 11.6 Å². The number of ether oxygens (including phenoxy) is 1. The van der Waals surface area contributed by atoms with Gasteiger partial charge in [-0.2, -0.15) is 8.42 Å². The second kappa shape index (κ2) is 10.1. The predicted octanol–water partition coefficient (Wildman–Crippen LogP) is 3.85. The van der Waals surface area contributed by atoms with Gasteiger partial charge in [-0.05, 0) is 56.3 Å². The molecule has 3 rings (SSSR count). The fraction of sp³-hybridized carbons (Fsp3) is 0.130. The van der Waals surface area contributed by atoms with Gasteiger partial charge in [-0.25, -0.2) is 4.79 Å². The molecule has 0 aliphatic rings. The van der Waals surface area contributed by atoms with E-state index in [2.05, 4.69) is 5.32 Å². The summed E-state index contributed by atoms with van der Waals surface area (Å²) in [5.74, 6) is -1.42. The van der Waals surface area contributed by atoms with Crippen molar-refractivity contribution in [1.82, 2.24) is 0 Å². The first kappa shape index (κ1) is 24.4. The monoisotopic (exact) mass is 484 g/mol. The molecule has 176 valence electrons. The molecule has 1 amide bonds. The van der Waals surface area contributed by atoms with Crippen molar-refractivity contribution in [1.29, 1.82) is 0 Å². The second-order valence-electron chi connectivity index (χ2n) is 7.22.